The molecule has 2 N–H and O–H groups in total. The average Bonchev–Trinajstić information content (AvgIpc) is 3.19. The fourth-order valence-electron chi connectivity index (χ4n) is 5.69. The maximum absolute atomic E-state index is 16.3. The first-order valence-corrected chi connectivity index (χ1v) is 12.5. The molecule has 4 heterocycles. The number of aromatic hydroxyl groups is 1. The predicted molar refractivity (Wildman–Crippen MR) is 138 cm³/mol. The van der Waals surface area contributed by atoms with Crippen LogP contribution in [0.4, 0.5) is 10.2 Å². The highest BCUT2D eigenvalue weighted by Crippen LogP contribution is 2.38. The molecule has 2 aliphatic heterocycles. The number of aromatic nitrogens is 3. The molecule has 0 aliphatic carbocycles. The van der Waals surface area contributed by atoms with Gasteiger partial charge in [-0.25, -0.2) is 14.4 Å². The van der Waals surface area contributed by atoms with E-state index in [1.165, 1.54) is 0 Å². The van der Waals surface area contributed by atoms with Crippen molar-refractivity contribution >= 4 is 27.5 Å². The van der Waals surface area contributed by atoms with Crippen LogP contribution in [0, 0.1) is 5.82 Å². The first-order chi connectivity index (χ1) is 16.9. The van der Waals surface area contributed by atoms with Crippen molar-refractivity contribution in [3.63, 3.8) is 0 Å². The number of nitrogens with one attached hydrogen (secondary N) is 1. The summed E-state index contributed by atoms with van der Waals surface area (Å²) in [5.41, 5.74) is 2.17. The van der Waals surface area contributed by atoms with Gasteiger partial charge >= 0.3 is 0 Å². The van der Waals surface area contributed by atoms with Crippen molar-refractivity contribution in [2.24, 2.45) is 0 Å². The fourth-order valence-corrected chi connectivity index (χ4v) is 5.69. The summed E-state index contributed by atoms with van der Waals surface area (Å²) in [6.45, 7) is 7.83. The van der Waals surface area contributed by atoms with Crippen LogP contribution in [0.1, 0.15) is 50.9 Å². The van der Waals surface area contributed by atoms with Crippen molar-refractivity contribution in [3.8, 4) is 17.0 Å². The molecule has 7 heteroatoms. The van der Waals surface area contributed by atoms with Crippen LogP contribution in [-0.2, 0) is 6.42 Å². The molecule has 0 radical (unpaired) electrons. The van der Waals surface area contributed by atoms with E-state index in [0.29, 0.717) is 34.4 Å². The van der Waals surface area contributed by atoms with E-state index >= 15 is 4.39 Å². The average molecular weight is 472 g/mol. The van der Waals surface area contributed by atoms with Crippen LogP contribution in [0.3, 0.4) is 0 Å². The Balaban J connectivity index is 1.59. The summed E-state index contributed by atoms with van der Waals surface area (Å²) in [5, 5.41) is 16.5. The second-order valence-corrected chi connectivity index (χ2v) is 10.1. The molecule has 2 atom stereocenters. The maximum Gasteiger partial charge on any atom is 0.175 e. The molecular formula is C28H30FN5O. The maximum atomic E-state index is 16.3. The number of nitrogens with zero attached hydrogens (tertiary/aromatic N) is 4. The van der Waals surface area contributed by atoms with Crippen molar-refractivity contribution in [3.05, 3.63) is 53.7 Å². The van der Waals surface area contributed by atoms with Crippen LogP contribution in [0.25, 0.3) is 32.9 Å². The third kappa shape index (κ3) is 3.69. The quantitative estimate of drug-likeness (QED) is 0.420. The Bertz CT molecular complexity index is 1440. The topological polar surface area (TPSA) is 74.2 Å². The molecule has 2 aromatic carbocycles. The van der Waals surface area contributed by atoms with E-state index in [-0.39, 0.29) is 17.4 Å². The lowest BCUT2D eigenvalue weighted by Gasteiger charge is -2.34. The Morgan fingerprint density at radius 1 is 1.14 bits per heavy atom. The van der Waals surface area contributed by atoms with Gasteiger partial charge in [0.05, 0.1) is 5.39 Å². The van der Waals surface area contributed by atoms with Gasteiger partial charge in [0, 0.05) is 42.9 Å². The molecule has 2 unspecified atom stereocenters. The fraction of sp³-hybridized carbons (Fsp3) is 0.393. The first-order valence-electron chi connectivity index (χ1n) is 12.5. The monoisotopic (exact) mass is 471 g/mol. The number of hydrogen-bond acceptors (Lipinski definition) is 6. The lowest BCUT2D eigenvalue weighted by Crippen LogP contribution is -2.51. The minimum absolute atomic E-state index is 0.0575. The Morgan fingerprint density at radius 2 is 1.91 bits per heavy atom. The van der Waals surface area contributed by atoms with Crippen molar-refractivity contribution in [2.45, 2.75) is 58.0 Å². The van der Waals surface area contributed by atoms with Crippen LogP contribution in [0.15, 0.2) is 36.5 Å². The number of phenolic OH excluding ortho intramolecular Hbond substituents is 1. The molecule has 6 nitrogen and oxygen atoms in total. The molecular weight excluding hydrogens is 441 g/mol. The van der Waals surface area contributed by atoms with Crippen molar-refractivity contribution in [1.82, 2.24) is 20.3 Å². The predicted octanol–water partition coefficient (Wildman–Crippen LogP) is 5.32. The second kappa shape index (κ2) is 8.41. The Hall–Kier alpha value is -3.32. The van der Waals surface area contributed by atoms with Gasteiger partial charge in [0.2, 0.25) is 0 Å². The SMILES string of the molecule is CCc1cccc2cc(O)cc(-c3ncc4c(N5CC6CCC(C5)N6)nc(C(C)C)nc4c3F)c12. The molecule has 4 aromatic rings. The lowest BCUT2D eigenvalue weighted by molar-refractivity contribution is 0.463. The van der Waals surface area contributed by atoms with Gasteiger partial charge in [-0.1, -0.05) is 39.0 Å². The summed E-state index contributed by atoms with van der Waals surface area (Å²) in [5.74, 6) is 1.07. The summed E-state index contributed by atoms with van der Waals surface area (Å²) >= 11 is 0. The zero-order valence-corrected chi connectivity index (χ0v) is 20.3. The van der Waals surface area contributed by atoms with Gasteiger partial charge in [-0.3, -0.25) is 4.98 Å². The van der Waals surface area contributed by atoms with Crippen molar-refractivity contribution < 1.29 is 9.50 Å². The molecule has 2 aromatic heterocycles. The molecule has 0 spiro atoms. The van der Waals surface area contributed by atoms with Gasteiger partial charge in [0.25, 0.3) is 0 Å². The van der Waals surface area contributed by atoms with Gasteiger partial charge in [0.15, 0.2) is 5.82 Å². The summed E-state index contributed by atoms with van der Waals surface area (Å²) in [7, 11) is 0. The highest BCUT2D eigenvalue weighted by atomic mass is 19.1. The zero-order chi connectivity index (χ0) is 24.3. The molecule has 180 valence electrons. The lowest BCUT2D eigenvalue weighted by atomic mass is 9.95. The van der Waals surface area contributed by atoms with Crippen LogP contribution >= 0.6 is 0 Å². The number of halogens is 1. The number of hydrogen-bond donors (Lipinski definition) is 2. The van der Waals surface area contributed by atoms with Gasteiger partial charge < -0.3 is 15.3 Å². The third-order valence-electron chi connectivity index (χ3n) is 7.40. The summed E-state index contributed by atoms with van der Waals surface area (Å²) in [6.07, 6.45) is 4.81. The Kier molecular flexibility index (Phi) is 5.33. The van der Waals surface area contributed by atoms with Gasteiger partial charge in [-0.15, -0.1) is 0 Å². The zero-order valence-electron chi connectivity index (χ0n) is 20.3. The number of anilines is 1. The van der Waals surface area contributed by atoms with Crippen LogP contribution in [0.2, 0.25) is 0 Å². The van der Waals surface area contributed by atoms with E-state index in [1.54, 1.807) is 18.3 Å². The Morgan fingerprint density at radius 3 is 2.63 bits per heavy atom. The van der Waals surface area contributed by atoms with Crippen molar-refractivity contribution in [2.75, 3.05) is 18.0 Å². The normalized spacial score (nSPS) is 19.9. The minimum Gasteiger partial charge on any atom is -0.508 e. The van der Waals surface area contributed by atoms with E-state index in [2.05, 4.69) is 27.1 Å². The molecule has 6 rings (SSSR count). The Labute approximate surface area is 204 Å². The summed E-state index contributed by atoms with van der Waals surface area (Å²) in [4.78, 5) is 16.5. The van der Waals surface area contributed by atoms with E-state index in [1.807, 2.05) is 32.0 Å². The molecule has 0 amide bonds. The molecule has 2 saturated heterocycles. The number of rotatable bonds is 4. The number of aryl methyl sites for hydroxylation is 1. The number of fused-ring (bicyclic) bond motifs is 4. The molecule has 2 aliphatic rings. The minimum atomic E-state index is -0.469. The highest BCUT2D eigenvalue weighted by Gasteiger charge is 2.34. The number of phenols is 1. The molecule has 2 bridgehead atoms. The second-order valence-electron chi connectivity index (χ2n) is 10.1. The van der Waals surface area contributed by atoms with Crippen LogP contribution < -0.4 is 10.2 Å². The largest absolute Gasteiger partial charge is 0.508 e. The van der Waals surface area contributed by atoms with Crippen LogP contribution in [0.5, 0.6) is 5.75 Å². The van der Waals surface area contributed by atoms with Gasteiger partial charge in [0.1, 0.15) is 28.6 Å². The third-order valence-corrected chi connectivity index (χ3v) is 7.40. The van der Waals surface area contributed by atoms with E-state index in [0.717, 1.165) is 54.5 Å². The highest BCUT2D eigenvalue weighted by molar-refractivity contribution is 6.01. The molecule has 35 heavy (non-hydrogen) atoms. The van der Waals surface area contributed by atoms with E-state index in [9.17, 15) is 5.11 Å². The van der Waals surface area contributed by atoms with Crippen LogP contribution in [-0.4, -0.2) is 45.2 Å². The molecule has 0 saturated carbocycles. The van der Waals surface area contributed by atoms with Gasteiger partial charge in [-0.2, -0.15) is 0 Å². The molecule has 2 fully saturated rings. The summed E-state index contributed by atoms with van der Waals surface area (Å²) in [6, 6.07) is 10.1. The first kappa shape index (κ1) is 22.2. The van der Waals surface area contributed by atoms with Crippen molar-refractivity contribution in [1.29, 1.82) is 0 Å². The smallest absolute Gasteiger partial charge is 0.175 e. The van der Waals surface area contributed by atoms with E-state index < -0.39 is 5.82 Å². The van der Waals surface area contributed by atoms with Gasteiger partial charge in [-0.05, 0) is 47.7 Å². The van der Waals surface area contributed by atoms with E-state index in [4.69, 9.17) is 4.98 Å². The number of benzene rings is 2. The number of pyridine rings is 1. The standard InChI is InChI=1S/C28H30FN5O/c1-4-16-6-5-7-17-10-20(35)11-21(23(16)17)25-24(29)26-22(12-30-25)28(33-27(32-26)15(2)3)34-13-18-8-9-19(14-34)31-18/h5-7,10-12,15,18-19,31,35H,4,8-9,13-14H2,1-3H3. The number of piperazine rings is 1. The summed E-state index contributed by atoms with van der Waals surface area (Å²) < 4.78 is 16.3.